The van der Waals surface area contributed by atoms with E-state index in [1.807, 2.05) is 32.9 Å². The number of carbonyl (C=O) groups is 1. The number of nitrogens with two attached hydrogens (primary N) is 1. The zero-order valence-corrected chi connectivity index (χ0v) is 22.1. The molecule has 194 valence electrons. The lowest BCUT2D eigenvalue weighted by Gasteiger charge is -2.28. The van der Waals surface area contributed by atoms with Crippen LogP contribution < -0.4 is 15.8 Å². The second kappa shape index (κ2) is 16.6. The van der Waals surface area contributed by atoms with Gasteiger partial charge in [-0.3, -0.25) is 9.18 Å². The molecule has 0 saturated heterocycles. The summed E-state index contributed by atoms with van der Waals surface area (Å²) < 4.78 is 40.1. The van der Waals surface area contributed by atoms with E-state index in [9.17, 15) is 18.0 Å². The third-order valence-corrected chi connectivity index (χ3v) is 5.28. The van der Waals surface area contributed by atoms with Crippen molar-refractivity contribution in [3.8, 4) is 0 Å². The molecular formula is C25H36F3N5OS. The van der Waals surface area contributed by atoms with Gasteiger partial charge >= 0.3 is 0 Å². The van der Waals surface area contributed by atoms with E-state index >= 15 is 0 Å². The van der Waals surface area contributed by atoms with Gasteiger partial charge in [-0.2, -0.15) is 0 Å². The van der Waals surface area contributed by atoms with Crippen molar-refractivity contribution in [1.29, 1.82) is 5.41 Å². The molecule has 0 aliphatic carbocycles. The number of alkyl halides is 1. The van der Waals surface area contributed by atoms with Gasteiger partial charge < -0.3 is 26.1 Å². The molecule has 0 radical (unpaired) electrons. The second-order valence-electron chi connectivity index (χ2n) is 6.67. The molecule has 0 saturated carbocycles. The standard InChI is InChI=1S/C21H22F2N4OS.C2H6.CH3F.CH5N/c1-4-29-26-14-6-8-18(25-19-7-5-13(22)9-17(19)23)15(10-14)16-11-27(3)21(28)12(2)20(16)24;3*1-2/h5-12,24-26H,4H2,1-3H3;1-2H3;1H3;2H2,1H3. The van der Waals surface area contributed by atoms with Crippen LogP contribution in [0.25, 0.3) is 5.57 Å². The molecule has 0 aromatic heterocycles. The smallest absolute Gasteiger partial charge is 0.235 e. The largest absolute Gasteiger partial charge is 0.353 e. The highest BCUT2D eigenvalue weighted by Gasteiger charge is 2.30. The highest BCUT2D eigenvalue weighted by Crippen LogP contribution is 2.35. The Balaban J connectivity index is 0.00000179. The maximum absolute atomic E-state index is 14.2. The molecule has 2 aromatic carbocycles. The first-order valence-corrected chi connectivity index (χ1v) is 12.1. The van der Waals surface area contributed by atoms with Gasteiger partial charge in [-0.05, 0) is 44.3 Å². The van der Waals surface area contributed by atoms with Gasteiger partial charge in [-0.1, -0.05) is 32.7 Å². The minimum atomic E-state index is -0.715. The van der Waals surface area contributed by atoms with Crippen molar-refractivity contribution in [2.24, 2.45) is 11.7 Å². The van der Waals surface area contributed by atoms with Crippen molar-refractivity contribution in [3.05, 3.63) is 59.8 Å². The number of rotatable bonds is 6. The quantitative estimate of drug-likeness (QED) is 0.335. The lowest BCUT2D eigenvalue weighted by Crippen LogP contribution is -2.37. The number of nitrogens with one attached hydrogen (secondary N) is 3. The van der Waals surface area contributed by atoms with E-state index in [1.165, 1.54) is 36.0 Å². The summed E-state index contributed by atoms with van der Waals surface area (Å²) in [7, 11) is 3.65. The number of hydrogen-bond acceptors (Lipinski definition) is 6. The first-order valence-electron chi connectivity index (χ1n) is 11.1. The molecule has 1 aliphatic rings. The predicted octanol–water partition coefficient (Wildman–Crippen LogP) is 6.44. The second-order valence-corrected chi connectivity index (χ2v) is 7.74. The van der Waals surface area contributed by atoms with Crippen LogP contribution in [0.5, 0.6) is 0 Å². The molecule has 0 bridgehead atoms. The van der Waals surface area contributed by atoms with Crippen LogP contribution in [0.3, 0.4) is 0 Å². The summed E-state index contributed by atoms with van der Waals surface area (Å²) in [5.74, 6) is -1.25. The molecule has 5 N–H and O–H groups in total. The highest BCUT2D eigenvalue weighted by molar-refractivity contribution is 8.00. The molecule has 1 aliphatic heterocycles. The molecule has 1 atom stereocenters. The van der Waals surface area contributed by atoms with E-state index in [4.69, 9.17) is 5.41 Å². The summed E-state index contributed by atoms with van der Waals surface area (Å²) in [5, 5.41) is 11.5. The van der Waals surface area contributed by atoms with Gasteiger partial charge in [0, 0.05) is 47.6 Å². The fourth-order valence-electron chi connectivity index (χ4n) is 3.03. The molecule has 2 aromatic rings. The summed E-state index contributed by atoms with van der Waals surface area (Å²) in [4.78, 5) is 13.7. The van der Waals surface area contributed by atoms with Gasteiger partial charge in [0.25, 0.3) is 0 Å². The van der Waals surface area contributed by atoms with Crippen LogP contribution in [0.2, 0.25) is 0 Å². The van der Waals surface area contributed by atoms with Crippen LogP contribution in [0.15, 0.2) is 42.6 Å². The number of benzene rings is 2. The maximum Gasteiger partial charge on any atom is 0.235 e. The highest BCUT2D eigenvalue weighted by atomic mass is 32.2. The molecular weight excluding hydrogens is 475 g/mol. The van der Waals surface area contributed by atoms with Crippen molar-refractivity contribution in [3.63, 3.8) is 0 Å². The molecule has 1 amide bonds. The van der Waals surface area contributed by atoms with E-state index in [-0.39, 0.29) is 17.3 Å². The van der Waals surface area contributed by atoms with Crippen LogP contribution in [0, 0.1) is 23.0 Å². The average Bonchev–Trinajstić information content (AvgIpc) is 2.89. The Morgan fingerprint density at radius 3 is 2.26 bits per heavy atom. The fourth-order valence-corrected chi connectivity index (χ4v) is 3.47. The monoisotopic (exact) mass is 511 g/mol. The van der Waals surface area contributed by atoms with E-state index in [0.29, 0.717) is 24.0 Å². The number of amides is 1. The van der Waals surface area contributed by atoms with E-state index in [2.05, 4.69) is 15.8 Å². The lowest BCUT2D eigenvalue weighted by molar-refractivity contribution is -0.129. The fraction of sp³-hybridized carbons (Fsp3) is 0.360. The summed E-state index contributed by atoms with van der Waals surface area (Å²) in [6.45, 7) is 7.71. The number of hydrogen-bond donors (Lipinski definition) is 4. The summed E-state index contributed by atoms with van der Waals surface area (Å²) in [6, 6.07) is 8.77. The van der Waals surface area contributed by atoms with Gasteiger partial charge in [0.2, 0.25) is 5.91 Å². The Morgan fingerprint density at radius 1 is 1.09 bits per heavy atom. The summed E-state index contributed by atoms with van der Waals surface area (Å²) in [6.07, 6.45) is 1.61. The van der Waals surface area contributed by atoms with E-state index in [1.54, 1.807) is 26.2 Å². The molecule has 1 heterocycles. The van der Waals surface area contributed by atoms with Crippen molar-refractivity contribution in [2.75, 3.05) is 37.1 Å². The minimum absolute atomic E-state index is 0.122. The van der Waals surface area contributed by atoms with Gasteiger partial charge in [0.15, 0.2) is 0 Å². The summed E-state index contributed by atoms with van der Waals surface area (Å²) >= 11 is 1.52. The SMILES string of the molecule is CC.CCSNc1ccc(Nc2ccc(F)cc2F)c(C2=CN(C)C(=O)C(C)C2=N)c1.CF.CN. The zero-order chi connectivity index (χ0) is 27.1. The van der Waals surface area contributed by atoms with Crippen LogP contribution in [-0.2, 0) is 4.79 Å². The normalized spacial score (nSPS) is 14.3. The Kier molecular flexibility index (Phi) is 15.2. The average molecular weight is 512 g/mol. The number of halogens is 3. The van der Waals surface area contributed by atoms with Gasteiger partial charge in [0.1, 0.15) is 11.6 Å². The van der Waals surface area contributed by atoms with Crippen LogP contribution in [0.4, 0.5) is 30.2 Å². The van der Waals surface area contributed by atoms with Gasteiger partial charge in [-0.25, -0.2) is 8.78 Å². The van der Waals surface area contributed by atoms with Crippen molar-refractivity contribution >= 4 is 46.2 Å². The van der Waals surface area contributed by atoms with Crippen LogP contribution in [0.1, 0.15) is 33.3 Å². The molecule has 1 unspecified atom stereocenters. The van der Waals surface area contributed by atoms with Crippen molar-refractivity contribution < 1.29 is 18.0 Å². The number of anilines is 3. The molecule has 6 nitrogen and oxygen atoms in total. The van der Waals surface area contributed by atoms with Gasteiger partial charge in [-0.15, -0.1) is 0 Å². The van der Waals surface area contributed by atoms with E-state index in [0.717, 1.165) is 17.5 Å². The number of allylic oxidation sites excluding steroid dienone is 1. The first kappa shape index (κ1) is 32.0. The Bertz CT molecular complexity index is 1000. The number of nitrogens with zero attached hydrogens (tertiary/aromatic N) is 1. The number of carbonyl (C=O) groups excluding carboxylic acids is 1. The zero-order valence-electron chi connectivity index (χ0n) is 21.3. The topological polar surface area (TPSA) is 94.2 Å². The third-order valence-electron chi connectivity index (χ3n) is 4.61. The Hall–Kier alpha value is -2.98. The minimum Gasteiger partial charge on any atom is -0.353 e. The van der Waals surface area contributed by atoms with E-state index < -0.39 is 17.6 Å². The first-order chi connectivity index (χ1) is 16.8. The van der Waals surface area contributed by atoms with Crippen molar-refractivity contribution in [1.82, 2.24) is 4.90 Å². The Labute approximate surface area is 210 Å². The molecule has 3 rings (SSSR count). The predicted molar refractivity (Wildman–Crippen MR) is 144 cm³/mol. The third kappa shape index (κ3) is 8.63. The maximum atomic E-state index is 14.2. The molecule has 10 heteroatoms. The Morgan fingerprint density at radius 2 is 1.69 bits per heavy atom. The van der Waals surface area contributed by atoms with Crippen molar-refractivity contribution in [2.45, 2.75) is 27.7 Å². The molecule has 35 heavy (non-hydrogen) atoms. The molecule has 0 spiro atoms. The van der Waals surface area contributed by atoms with Crippen LogP contribution >= 0.6 is 11.9 Å². The lowest BCUT2D eigenvalue weighted by atomic mass is 9.89. The summed E-state index contributed by atoms with van der Waals surface area (Å²) in [5.41, 5.74) is 7.39. The van der Waals surface area contributed by atoms with Gasteiger partial charge in [0.05, 0.1) is 24.5 Å². The van der Waals surface area contributed by atoms with Crippen LogP contribution in [-0.4, -0.2) is 43.5 Å². The molecule has 0 fully saturated rings.